The Kier molecular flexibility index (Phi) is 2.78. The monoisotopic (exact) mass is 202 g/mol. The highest BCUT2D eigenvalue weighted by Gasteiger charge is 2.05. The molecule has 2 rings (SSSR count). The van der Waals surface area contributed by atoms with E-state index in [4.69, 9.17) is 9.26 Å². The maximum atomic E-state index is 5.04. The number of rotatable bonds is 3. The average molecular weight is 202 g/mol. The first-order valence-corrected chi connectivity index (χ1v) is 4.49. The van der Waals surface area contributed by atoms with Gasteiger partial charge in [-0.05, 0) is 0 Å². The second-order valence-corrected chi connectivity index (χ2v) is 2.88. The van der Waals surface area contributed by atoms with Gasteiger partial charge in [-0.25, -0.2) is 0 Å². The Hall–Kier alpha value is -2.10. The molecule has 0 fully saturated rings. The summed E-state index contributed by atoms with van der Waals surface area (Å²) < 4.78 is 9.99. The van der Waals surface area contributed by atoms with E-state index < -0.39 is 0 Å². The van der Waals surface area contributed by atoms with E-state index in [0.717, 1.165) is 11.3 Å². The normalized spacial score (nSPS) is 10.7. The predicted octanol–water partition coefficient (Wildman–Crippen LogP) is 2.38. The zero-order valence-electron chi connectivity index (χ0n) is 8.25. The molecule has 0 saturated carbocycles. The largest absolute Gasteiger partial charge is 0.413 e. The number of aromatic nitrogens is 1. The van der Waals surface area contributed by atoms with Crippen molar-refractivity contribution in [3.8, 4) is 17.2 Å². The molecule has 0 aliphatic rings. The van der Waals surface area contributed by atoms with Crippen LogP contribution in [0.2, 0.25) is 0 Å². The summed E-state index contributed by atoms with van der Waals surface area (Å²) in [5, 5.41) is 3.88. The lowest BCUT2D eigenvalue weighted by Crippen LogP contribution is -1.85. The van der Waals surface area contributed by atoms with Gasteiger partial charge in [0.2, 0.25) is 0 Å². The summed E-state index contributed by atoms with van der Waals surface area (Å²) in [5.74, 6) is 0.333. The standard InChI is InChI=1S/C11H10N2O2/c1-12-8-14-11-7-10(13-15-11)9-5-3-2-4-6-9/h2-8H,1H3/b12-8-. The van der Waals surface area contributed by atoms with Crippen molar-refractivity contribution in [2.24, 2.45) is 4.99 Å². The molecular formula is C11H10N2O2. The van der Waals surface area contributed by atoms with Crippen molar-refractivity contribution in [3.05, 3.63) is 36.4 Å². The number of hydrogen-bond donors (Lipinski definition) is 0. The molecule has 0 saturated heterocycles. The summed E-state index contributed by atoms with van der Waals surface area (Å²) in [7, 11) is 1.62. The Morgan fingerprint density at radius 2 is 2.13 bits per heavy atom. The van der Waals surface area contributed by atoms with E-state index in [9.17, 15) is 0 Å². The second-order valence-electron chi connectivity index (χ2n) is 2.88. The van der Waals surface area contributed by atoms with Gasteiger partial charge in [0.25, 0.3) is 0 Å². The molecule has 0 spiro atoms. The molecule has 0 atom stereocenters. The van der Waals surface area contributed by atoms with E-state index in [1.807, 2.05) is 30.3 Å². The van der Waals surface area contributed by atoms with Crippen LogP contribution in [-0.4, -0.2) is 18.6 Å². The van der Waals surface area contributed by atoms with Crippen molar-refractivity contribution >= 4 is 6.40 Å². The van der Waals surface area contributed by atoms with Crippen LogP contribution < -0.4 is 4.74 Å². The van der Waals surface area contributed by atoms with Crippen LogP contribution in [0.3, 0.4) is 0 Å². The molecule has 1 aromatic heterocycles. The highest BCUT2D eigenvalue weighted by Crippen LogP contribution is 2.22. The van der Waals surface area contributed by atoms with E-state index in [-0.39, 0.29) is 0 Å². The molecule has 1 aromatic carbocycles. The van der Waals surface area contributed by atoms with Gasteiger partial charge in [-0.15, -0.1) is 0 Å². The molecule has 4 nitrogen and oxygen atoms in total. The number of benzene rings is 1. The third-order valence-corrected chi connectivity index (χ3v) is 1.83. The molecule has 0 amide bonds. The Morgan fingerprint density at radius 3 is 2.87 bits per heavy atom. The van der Waals surface area contributed by atoms with Crippen LogP contribution in [-0.2, 0) is 0 Å². The predicted molar refractivity (Wildman–Crippen MR) is 57.0 cm³/mol. The third-order valence-electron chi connectivity index (χ3n) is 1.83. The van der Waals surface area contributed by atoms with Crippen LogP contribution in [0.4, 0.5) is 0 Å². The number of hydrogen-bond acceptors (Lipinski definition) is 4. The zero-order chi connectivity index (χ0) is 10.5. The maximum absolute atomic E-state index is 5.04. The summed E-state index contributed by atoms with van der Waals surface area (Å²) in [4.78, 5) is 3.68. The van der Waals surface area contributed by atoms with Gasteiger partial charge in [-0.3, -0.25) is 4.99 Å². The van der Waals surface area contributed by atoms with Crippen LogP contribution in [0.5, 0.6) is 5.95 Å². The van der Waals surface area contributed by atoms with Crippen LogP contribution in [0, 0.1) is 0 Å². The van der Waals surface area contributed by atoms with Gasteiger partial charge < -0.3 is 9.26 Å². The minimum atomic E-state index is 0.333. The minimum Gasteiger partial charge on any atom is -0.413 e. The molecule has 0 radical (unpaired) electrons. The van der Waals surface area contributed by atoms with Gasteiger partial charge in [0.1, 0.15) is 5.69 Å². The van der Waals surface area contributed by atoms with Gasteiger partial charge >= 0.3 is 5.95 Å². The lowest BCUT2D eigenvalue weighted by molar-refractivity contribution is 0.320. The molecule has 0 unspecified atom stereocenters. The van der Waals surface area contributed by atoms with E-state index in [2.05, 4.69) is 10.1 Å². The van der Waals surface area contributed by atoms with Crippen molar-refractivity contribution in [2.75, 3.05) is 7.05 Å². The Bertz CT molecular complexity index is 449. The molecule has 76 valence electrons. The minimum absolute atomic E-state index is 0.333. The molecule has 15 heavy (non-hydrogen) atoms. The fourth-order valence-corrected chi connectivity index (χ4v) is 1.16. The van der Waals surface area contributed by atoms with Crippen LogP contribution in [0.25, 0.3) is 11.3 Å². The lowest BCUT2D eigenvalue weighted by Gasteiger charge is -1.91. The van der Waals surface area contributed by atoms with Gasteiger partial charge in [0.05, 0.1) is 6.07 Å². The van der Waals surface area contributed by atoms with Crippen molar-refractivity contribution in [2.45, 2.75) is 0 Å². The SMILES string of the molecule is C/N=C\Oc1cc(-c2ccccc2)no1. The van der Waals surface area contributed by atoms with Crippen molar-refractivity contribution in [1.29, 1.82) is 0 Å². The fourth-order valence-electron chi connectivity index (χ4n) is 1.16. The summed E-state index contributed by atoms with van der Waals surface area (Å²) in [6.07, 6.45) is 1.30. The summed E-state index contributed by atoms with van der Waals surface area (Å²) in [6, 6.07) is 11.5. The number of nitrogens with zero attached hydrogens (tertiary/aromatic N) is 2. The number of ether oxygens (including phenoxy) is 1. The van der Waals surface area contributed by atoms with Gasteiger partial charge in [0.15, 0.2) is 6.40 Å². The Labute approximate surface area is 87.2 Å². The molecule has 0 aliphatic carbocycles. The first-order chi connectivity index (χ1) is 7.40. The second kappa shape index (κ2) is 4.41. The summed E-state index contributed by atoms with van der Waals surface area (Å²) >= 11 is 0. The van der Waals surface area contributed by atoms with Crippen LogP contribution in [0.15, 0.2) is 45.9 Å². The molecular weight excluding hydrogens is 192 g/mol. The highest BCUT2D eigenvalue weighted by molar-refractivity contribution is 5.60. The molecule has 4 heteroatoms. The van der Waals surface area contributed by atoms with Crippen LogP contribution >= 0.6 is 0 Å². The maximum Gasteiger partial charge on any atom is 0.318 e. The summed E-state index contributed by atoms with van der Waals surface area (Å²) in [6.45, 7) is 0. The van der Waals surface area contributed by atoms with Gasteiger partial charge in [-0.1, -0.05) is 35.5 Å². The van der Waals surface area contributed by atoms with E-state index >= 15 is 0 Å². The van der Waals surface area contributed by atoms with E-state index in [1.54, 1.807) is 13.1 Å². The van der Waals surface area contributed by atoms with E-state index in [1.165, 1.54) is 6.40 Å². The average Bonchev–Trinajstić information content (AvgIpc) is 2.76. The fraction of sp³-hybridized carbons (Fsp3) is 0.0909. The van der Waals surface area contributed by atoms with Crippen LogP contribution in [0.1, 0.15) is 0 Å². The van der Waals surface area contributed by atoms with Crippen molar-refractivity contribution < 1.29 is 9.26 Å². The molecule has 0 aliphatic heterocycles. The highest BCUT2D eigenvalue weighted by atomic mass is 16.6. The summed E-state index contributed by atoms with van der Waals surface area (Å²) in [5.41, 5.74) is 1.74. The lowest BCUT2D eigenvalue weighted by atomic mass is 10.2. The van der Waals surface area contributed by atoms with E-state index in [0.29, 0.717) is 5.95 Å². The van der Waals surface area contributed by atoms with Gasteiger partial charge in [-0.2, -0.15) is 0 Å². The first kappa shape index (κ1) is 9.45. The number of aliphatic imine (C=N–C) groups is 1. The third kappa shape index (κ3) is 2.22. The Morgan fingerprint density at radius 1 is 1.33 bits per heavy atom. The van der Waals surface area contributed by atoms with Crippen molar-refractivity contribution in [1.82, 2.24) is 5.16 Å². The molecule has 0 bridgehead atoms. The topological polar surface area (TPSA) is 47.6 Å². The Balaban J connectivity index is 2.20. The quantitative estimate of drug-likeness (QED) is 0.567. The van der Waals surface area contributed by atoms with Gasteiger partial charge in [0, 0.05) is 12.6 Å². The zero-order valence-corrected chi connectivity index (χ0v) is 8.25. The van der Waals surface area contributed by atoms with Crippen molar-refractivity contribution in [3.63, 3.8) is 0 Å². The molecule has 0 N–H and O–H groups in total. The first-order valence-electron chi connectivity index (χ1n) is 4.49. The molecule has 2 aromatic rings. The molecule has 1 heterocycles. The smallest absolute Gasteiger partial charge is 0.318 e.